The molecule has 0 saturated heterocycles. The molecule has 0 amide bonds. The molecule has 3 rings (SSSR count). The third-order valence-electron chi connectivity index (χ3n) is 2.85. The summed E-state index contributed by atoms with van der Waals surface area (Å²) in [4.78, 5) is 4.76. The van der Waals surface area contributed by atoms with Crippen molar-refractivity contribution in [1.82, 2.24) is 20.5 Å². The molecule has 2 aromatic heterocycles. The number of para-hydroxylation sites is 1. The molecule has 3 aromatic rings. The van der Waals surface area contributed by atoms with E-state index in [1.165, 1.54) is 22.3 Å². The van der Waals surface area contributed by atoms with Gasteiger partial charge in [-0.25, -0.2) is 4.98 Å². The molecular formula is C14H14N4S2. The quantitative estimate of drug-likeness (QED) is 0.783. The molecule has 6 heteroatoms. The zero-order chi connectivity index (χ0) is 13.8. The molecule has 4 nitrogen and oxygen atoms in total. The number of hydrogen-bond acceptors (Lipinski definition) is 6. The second kappa shape index (κ2) is 6.30. The Morgan fingerprint density at radius 2 is 2.20 bits per heavy atom. The second-order valence-electron chi connectivity index (χ2n) is 4.23. The Morgan fingerprint density at radius 3 is 3.00 bits per heavy atom. The van der Waals surface area contributed by atoms with Crippen molar-refractivity contribution in [2.75, 3.05) is 6.54 Å². The highest BCUT2D eigenvalue weighted by molar-refractivity contribution is 8.01. The summed E-state index contributed by atoms with van der Waals surface area (Å²) in [6.07, 6.45) is 0. The Bertz CT molecular complexity index is 697. The molecule has 1 N–H and O–H groups in total. The average molecular weight is 302 g/mol. The maximum absolute atomic E-state index is 4.76. The van der Waals surface area contributed by atoms with Crippen LogP contribution in [0.2, 0.25) is 0 Å². The van der Waals surface area contributed by atoms with Crippen LogP contribution in [0.3, 0.4) is 0 Å². The molecule has 0 radical (unpaired) electrons. The van der Waals surface area contributed by atoms with Crippen LogP contribution in [0.15, 0.2) is 45.2 Å². The maximum Gasteiger partial charge on any atom is 0.180 e. The minimum atomic E-state index is 0.815. The van der Waals surface area contributed by atoms with E-state index in [-0.39, 0.29) is 0 Å². The van der Waals surface area contributed by atoms with Crippen molar-refractivity contribution in [3.8, 4) is 0 Å². The van der Waals surface area contributed by atoms with E-state index in [0.717, 1.165) is 28.0 Å². The van der Waals surface area contributed by atoms with E-state index in [0.29, 0.717) is 0 Å². The Labute approximate surface area is 125 Å². The lowest BCUT2D eigenvalue weighted by Gasteiger charge is -2.09. The number of aromatic nitrogens is 3. The van der Waals surface area contributed by atoms with E-state index < -0.39 is 0 Å². The Kier molecular flexibility index (Phi) is 4.25. The summed E-state index contributed by atoms with van der Waals surface area (Å²) < 4.78 is 0.922. The highest BCUT2D eigenvalue weighted by atomic mass is 32.2. The summed E-state index contributed by atoms with van der Waals surface area (Å²) >= 11 is 3.12. The SMILES string of the molecule is CCNCc1cc2ccccc2nc1Sc1nncs1. The molecule has 0 aliphatic rings. The summed E-state index contributed by atoms with van der Waals surface area (Å²) in [7, 11) is 0. The van der Waals surface area contributed by atoms with Gasteiger partial charge in [0.25, 0.3) is 0 Å². The Morgan fingerprint density at radius 1 is 1.30 bits per heavy atom. The smallest absolute Gasteiger partial charge is 0.180 e. The topological polar surface area (TPSA) is 50.7 Å². The van der Waals surface area contributed by atoms with Crippen LogP contribution in [0.4, 0.5) is 0 Å². The molecule has 102 valence electrons. The molecule has 0 bridgehead atoms. The summed E-state index contributed by atoms with van der Waals surface area (Å²) in [5.41, 5.74) is 3.96. The van der Waals surface area contributed by atoms with Crippen molar-refractivity contribution in [1.29, 1.82) is 0 Å². The number of benzene rings is 1. The van der Waals surface area contributed by atoms with Gasteiger partial charge in [-0.05, 0) is 36.0 Å². The molecule has 0 unspecified atom stereocenters. The molecule has 1 aromatic carbocycles. The maximum atomic E-state index is 4.76. The van der Waals surface area contributed by atoms with E-state index in [1.807, 2.05) is 18.2 Å². The minimum absolute atomic E-state index is 0.815. The van der Waals surface area contributed by atoms with Crippen LogP contribution in [-0.2, 0) is 6.54 Å². The highest BCUT2D eigenvalue weighted by Crippen LogP contribution is 2.31. The number of nitrogens with zero attached hydrogens (tertiary/aromatic N) is 3. The molecule has 20 heavy (non-hydrogen) atoms. The number of rotatable bonds is 5. The van der Waals surface area contributed by atoms with Crippen molar-refractivity contribution in [2.45, 2.75) is 22.8 Å². The largest absolute Gasteiger partial charge is 0.313 e. The second-order valence-corrected chi connectivity index (χ2v) is 6.30. The fraction of sp³-hybridized carbons (Fsp3) is 0.214. The van der Waals surface area contributed by atoms with Gasteiger partial charge in [0.15, 0.2) is 4.34 Å². The average Bonchev–Trinajstić information content (AvgIpc) is 2.98. The molecular weight excluding hydrogens is 288 g/mol. The molecule has 0 aliphatic carbocycles. The molecule has 0 atom stereocenters. The highest BCUT2D eigenvalue weighted by Gasteiger charge is 2.10. The van der Waals surface area contributed by atoms with E-state index in [1.54, 1.807) is 17.3 Å². The van der Waals surface area contributed by atoms with Gasteiger partial charge in [-0.1, -0.05) is 36.5 Å². The summed E-state index contributed by atoms with van der Waals surface area (Å²) in [6, 6.07) is 10.4. The van der Waals surface area contributed by atoms with E-state index in [2.05, 4.69) is 34.6 Å². The van der Waals surface area contributed by atoms with Gasteiger partial charge in [0, 0.05) is 11.9 Å². The van der Waals surface area contributed by atoms with E-state index in [9.17, 15) is 0 Å². The third-order valence-corrected chi connectivity index (χ3v) is 4.68. The van der Waals surface area contributed by atoms with E-state index in [4.69, 9.17) is 4.98 Å². The first-order valence-corrected chi connectivity index (χ1v) is 8.10. The first-order chi connectivity index (χ1) is 9.86. The number of fused-ring (bicyclic) bond motifs is 1. The molecule has 0 aliphatic heterocycles. The van der Waals surface area contributed by atoms with Crippen LogP contribution >= 0.6 is 23.1 Å². The lowest BCUT2D eigenvalue weighted by Crippen LogP contribution is -2.13. The van der Waals surface area contributed by atoms with E-state index >= 15 is 0 Å². The zero-order valence-corrected chi connectivity index (χ0v) is 12.7. The van der Waals surface area contributed by atoms with Crippen LogP contribution in [0.5, 0.6) is 0 Å². The standard InChI is InChI=1S/C14H14N4S2/c1-2-15-8-11-7-10-5-3-4-6-12(10)17-13(11)20-14-18-16-9-19-14/h3-7,9,15H,2,8H2,1H3. The fourth-order valence-electron chi connectivity index (χ4n) is 1.91. The molecule has 2 heterocycles. The molecule has 0 fully saturated rings. The Hall–Kier alpha value is -1.50. The predicted octanol–water partition coefficient (Wildman–Crippen LogP) is 3.35. The van der Waals surface area contributed by atoms with Crippen molar-refractivity contribution < 1.29 is 0 Å². The van der Waals surface area contributed by atoms with Crippen molar-refractivity contribution in [3.63, 3.8) is 0 Å². The van der Waals surface area contributed by atoms with Crippen molar-refractivity contribution in [3.05, 3.63) is 41.4 Å². The van der Waals surface area contributed by atoms with Crippen molar-refractivity contribution >= 4 is 34.0 Å². The summed E-state index contributed by atoms with van der Waals surface area (Å²) in [5.74, 6) is 0. The fourth-order valence-corrected chi connectivity index (χ4v) is 3.40. The van der Waals surface area contributed by atoms with Gasteiger partial charge in [-0.2, -0.15) is 0 Å². The summed E-state index contributed by atoms with van der Waals surface area (Å²) in [5, 5.41) is 13.5. The van der Waals surface area contributed by atoms with Gasteiger partial charge >= 0.3 is 0 Å². The van der Waals surface area contributed by atoms with Gasteiger partial charge in [0.2, 0.25) is 0 Å². The first-order valence-electron chi connectivity index (χ1n) is 6.40. The molecule has 0 saturated carbocycles. The van der Waals surface area contributed by atoms with Crippen LogP contribution in [0.25, 0.3) is 10.9 Å². The van der Waals surface area contributed by atoms with Gasteiger partial charge in [0.1, 0.15) is 10.5 Å². The lowest BCUT2D eigenvalue weighted by molar-refractivity contribution is 0.713. The zero-order valence-electron chi connectivity index (χ0n) is 11.0. The van der Waals surface area contributed by atoms with Gasteiger partial charge < -0.3 is 5.32 Å². The predicted molar refractivity (Wildman–Crippen MR) is 83.2 cm³/mol. The first kappa shape index (κ1) is 13.5. The number of nitrogens with one attached hydrogen (secondary N) is 1. The molecule has 0 spiro atoms. The third kappa shape index (κ3) is 2.98. The van der Waals surface area contributed by atoms with Crippen LogP contribution in [-0.4, -0.2) is 21.7 Å². The number of pyridine rings is 1. The normalized spacial score (nSPS) is 11.1. The van der Waals surface area contributed by atoms with Crippen LogP contribution < -0.4 is 5.32 Å². The van der Waals surface area contributed by atoms with Crippen LogP contribution in [0.1, 0.15) is 12.5 Å². The van der Waals surface area contributed by atoms with Gasteiger partial charge in [-0.15, -0.1) is 10.2 Å². The minimum Gasteiger partial charge on any atom is -0.313 e. The van der Waals surface area contributed by atoms with Crippen molar-refractivity contribution in [2.24, 2.45) is 0 Å². The lowest BCUT2D eigenvalue weighted by atomic mass is 10.1. The Balaban J connectivity index is 2.01. The van der Waals surface area contributed by atoms with Gasteiger partial charge in [0.05, 0.1) is 5.52 Å². The van der Waals surface area contributed by atoms with Crippen LogP contribution in [0, 0.1) is 0 Å². The van der Waals surface area contributed by atoms with Gasteiger partial charge in [-0.3, -0.25) is 0 Å². The monoisotopic (exact) mass is 302 g/mol. The summed E-state index contributed by atoms with van der Waals surface area (Å²) in [6.45, 7) is 3.86. The number of hydrogen-bond donors (Lipinski definition) is 1.